The van der Waals surface area contributed by atoms with Crippen LogP contribution in [0.3, 0.4) is 0 Å². The van der Waals surface area contributed by atoms with Crippen LogP contribution >= 0.6 is 11.6 Å². The third kappa shape index (κ3) is 1.50. The molecule has 0 fully saturated rings. The second-order valence-corrected chi connectivity index (χ2v) is 3.99. The number of aromatic nitrogens is 3. The van der Waals surface area contributed by atoms with Gasteiger partial charge in [0.05, 0.1) is 24.6 Å². The van der Waals surface area contributed by atoms with Crippen LogP contribution in [0.4, 0.5) is 0 Å². The highest BCUT2D eigenvalue weighted by Crippen LogP contribution is 2.26. The van der Waals surface area contributed by atoms with E-state index in [0.717, 1.165) is 30.0 Å². The Labute approximate surface area is 97.8 Å². The summed E-state index contributed by atoms with van der Waals surface area (Å²) >= 11 is 6.28. The van der Waals surface area contributed by atoms with E-state index >= 15 is 0 Å². The summed E-state index contributed by atoms with van der Waals surface area (Å²) in [6, 6.07) is 3.76. The van der Waals surface area contributed by atoms with Crippen LogP contribution in [0, 0.1) is 0 Å². The predicted molar refractivity (Wildman–Crippen MR) is 59.7 cm³/mol. The van der Waals surface area contributed by atoms with Crippen molar-refractivity contribution in [1.29, 1.82) is 0 Å². The summed E-state index contributed by atoms with van der Waals surface area (Å²) in [6.07, 6.45) is 4.28. The molecule has 0 saturated heterocycles. The van der Waals surface area contributed by atoms with Gasteiger partial charge in [-0.3, -0.25) is 4.98 Å². The number of pyridine rings is 1. The fourth-order valence-corrected chi connectivity index (χ4v) is 2.11. The minimum absolute atomic E-state index is 0.555. The van der Waals surface area contributed by atoms with Crippen molar-refractivity contribution >= 4 is 11.6 Å². The van der Waals surface area contributed by atoms with Gasteiger partial charge in [0.2, 0.25) is 0 Å². The van der Waals surface area contributed by atoms with Crippen LogP contribution in [0.5, 0.6) is 0 Å². The first-order valence-electron chi connectivity index (χ1n) is 5.10. The Morgan fingerprint density at radius 1 is 1.31 bits per heavy atom. The molecule has 0 amide bonds. The highest BCUT2D eigenvalue weighted by atomic mass is 35.5. The molecule has 0 bridgehead atoms. The molecule has 3 rings (SSSR count). The number of halogens is 1. The molecule has 1 aliphatic rings. The topological polar surface area (TPSA) is 39.9 Å². The van der Waals surface area contributed by atoms with Crippen LogP contribution in [-0.4, -0.2) is 21.4 Å². The normalized spacial score (nSPS) is 14.8. The Hall–Kier alpha value is -1.39. The fraction of sp³-hybridized carbons (Fsp3) is 0.273. The first kappa shape index (κ1) is 9.81. The number of hydrogen-bond donors (Lipinski definition) is 0. The summed E-state index contributed by atoms with van der Waals surface area (Å²) in [6.45, 7) is 1.27. The summed E-state index contributed by atoms with van der Waals surface area (Å²) < 4.78 is 7.11. The number of fused-ring (bicyclic) bond motifs is 1. The molecule has 2 aromatic rings. The molecule has 2 aromatic heterocycles. The number of rotatable bonds is 1. The molecule has 0 aliphatic carbocycles. The van der Waals surface area contributed by atoms with E-state index in [2.05, 4.69) is 10.1 Å². The van der Waals surface area contributed by atoms with Gasteiger partial charge in [-0.1, -0.05) is 11.6 Å². The van der Waals surface area contributed by atoms with Crippen LogP contribution in [-0.2, 0) is 17.8 Å². The van der Waals surface area contributed by atoms with Crippen molar-refractivity contribution in [2.24, 2.45) is 0 Å². The summed E-state index contributed by atoms with van der Waals surface area (Å²) in [5.74, 6) is 0. The van der Waals surface area contributed by atoms with Gasteiger partial charge in [-0.15, -0.1) is 0 Å². The standard InChI is InChI=1S/C11H10ClN3O/c12-11-9-7-16-6-3-10(9)14-15(11)8-1-4-13-5-2-8/h1-2,4-5H,3,6-7H2. The average Bonchev–Trinajstić information content (AvgIpc) is 2.69. The molecule has 1 aliphatic heterocycles. The zero-order valence-electron chi connectivity index (χ0n) is 8.56. The lowest BCUT2D eigenvalue weighted by molar-refractivity contribution is 0.110. The maximum Gasteiger partial charge on any atom is 0.138 e. The largest absolute Gasteiger partial charge is 0.376 e. The van der Waals surface area contributed by atoms with Gasteiger partial charge in [0.25, 0.3) is 0 Å². The van der Waals surface area contributed by atoms with Crippen molar-refractivity contribution in [2.45, 2.75) is 13.0 Å². The van der Waals surface area contributed by atoms with Gasteiger partial charge in [0, 0.05) is 24.4 Å². The molecule has 0 spiro atoms. The van der Waals surface area contributed by atoms with E-state index in [9.17, 15) is 0 Å². The Morgan fingerprint density at radius 3 is 2.88 bits per heavy atom. The Morgan fingerprint density at radius 2 is 2.12 bits per heavy atom. The lowest BCUT2D eigenvalue weighted by atomic mass is 10.2. The molecular formula is C11H10ClN3O. The van der Waals surface area contributed by atoms with E-state index < -0.39 is 0 Å². The molecule has 3 heterocycles. The molecule has 0 atom stereocenters. The van der Waals surface area contributed by atoms with Crippen molar-refractivity contribution in [2.75, 3.05) is 6.61 Å². The van der Waals surface area contributed by atoms with Crippen molar-refractivity contribution in [3.8, 4) is 5.69 Å². The second-order valence-electron chi connectivity index (χ2n) is 3.64. The van der Waals surface area contributed by atoms with Crippen molar-refractivity contribution in [1.82, 2.24) is 14.8 Å². The minimum Gasteiger partial charge on any atom is -0.376 e. The maximum atomic E-state index is 6.28. The van der Waals surface area contributed by atoms with Gasteiger partial charge < -0.3 is 4.74 Å². The fourth-order valence-electron chi connectivity index (χ4n) is 1.82. The number of hydrogen-bond acceptors (Lipinski definition) is 3. The van der Waals surface area contributed by atoms with E-state index in [4.69, 9.17) is 16.3 Å². The lowest BCUT2D eigenvalue weighted by Crippen LogP contribution is -2.08. The molecular weight excluding hydrogens is 226 g/mol. The summed E-state index contributed by atoms with van der Waals surface area (Å²) in [4.78, 5) is 3.97. The molecule has 0 radical (unpaired) electrons. The smallest absolute Gasteiger partial charge is 0.138 e. The van der Waals surface area contributed by atoms with Gasteiger partial charge in [0.1, 0.15) is 5.15 Å². The third-order valence-corrected chi connectivity index (χ3v) is 3.03. The molecule has 0 aromatic carbocycles. The lowest BCUT2D eigenvalue weighted by Gasteiger charge is -2.09. The SMILES string of the molecule is Clc1c2c(nn1-c1ccncc1)CCOC2. The van der Waals surface area contributed by atoms with Crippen LogP contribution in [0.1, 0.15) is 11.3 Å². The zero-order valence-corrected chi connectivity index (χ0v) is 9.31. The Bertz CT molecular complexity index is 509. The monoisotopic (exact) mass is 235 g/mol. The molecule has 0 saturated carbocycles. The highest BCUT2D eigenvalue weighted by Gasteiger charge is 2.20. The third-order valence-electron chi connectivity index (χ3n) is 2.64. The molecule has 0 N–H and O–H groups in total. The van der Waals surface area contributed by atoms with Crippen molar-refractivity contribution in [3.63, 3.8) is 0 Å². The quantitative estimate of drug-likeness (QED) is 0.759. The zero-order chi connectivity index (χ0) is 11.0. The van der Waals surface area contributed by atoms with Crippen molar-refractivity contribution < 1.29 is 4.74 Å². The summed E-state index contributed by atoms with van der Waals surface area (Å²) in [7, 11) is 0. The average molecular weight is 236 g/mol. The van der Waals surface area contributed by atoms with Gasteiger partial charge in [-0.25, -0.2) is 4.68 Å². The molecule has 16 heavy (non-hydrogen) atoms. The van der Waals surface area contributed by atoms with E-state index in [0.29, 0.717) is 11.8 Å². The molecule has 82 valence electrons. The van der Waals surface area contributed by atoms with E-state index in [1.165, 1.54) is 0 Å². The summed E-state index contributed by atoms with van der Waals surface area (Å²) in [5, 5.41) is 5.14. The first-order valence-corrected chi connectivity index (χ1v) is 5.48. The van der Waals surface area contributed by atoms with Crippen LogP contribution < -0.4 is 0 Å². The van der Waals surface area contributed by atoms with Gasteiger partial charge in [-0.05, 0) is 12.1 Å². The summed E-state index contributed by atoms with van der Waals surface area (Å²) in [5.41, 5.74) is 2.96. The molecule has 4 nitrogen and oxygen atoms in total. The van der Waals surface area contributed by atoms with Crippen LogP contribution in [0.25, 0.3) is 5.69 Å². The van der Waals surface area contributed by atoms with Crippen molar-refractivity contribution in [3.05, 3.63) is 40.9 Å². The highest BCUT2D eigenvalue weighted by molar-refractivity contribution is 6.30. The van der Waals surface area contributed by atoms with Gasteiger partial charge in [0.15, 0.2) is 0 Å². The maximum absolute atomic E-state index is 6.28. The van der Waals surface area contributed by atoms with E-state index in [-0.39, 0.29) is 0 Å². The van der Waals surface area contributed by atoms with Gasteiger partial charge >= 0.3 is 0 Å². The van der Waals surface area contributed by atoms with E-state index in [1.807, 2.05) is 12.1 Å². The number of ether oxygens (including phenoxy) is 1. The number of nitrogens with zero attached hydrogens (tertiary/aromatic N) is 3. The Kier molecular flexibility index (Phi) is 2.38. The molecule has 0 unspecified atom stereocenters. The van der Waals surface area contributed by atoms with Crippen LogP contribution in [0.2, 0.25) is 5.15 Å². The first-order chi connectivity index (χ1) is 7.86. The van der Waals surface area contributed by atoms with Gasteiger partial charge in [-0.2, -0.15) is 5.10 Å². The Balaban J connectivity index is 2.12. The van der Waals surface area contributed by atoms with E-state index in [1.54, 1.807) is 17.1 Å². The minimum atomic E-state index is 0.555. The predicted octanol–water partition coefficient (Wildman–Crippen LogP) is 1.99. The molecule has 5 heteroatoms. The second kappa shape index (κ2) is 3.88. The van der Waals surface area contributed by atoms with Crippen LogP contribution in [0.15, 0.2) is 24.5 Å².